The van der Waals surface area contributed by atoms with E-state index in [1.54, 1.807) is 43.3 Å². The molecule has 140 valence electrons. The lowest BCUT2D eigenvalue weighted by Gasteiger charge is -2.28. The van der Waals surface area contributed by atoms with Gasteiger partial charge in [0.1, 0.15) is 0 Å². The summed E-state index contributed by atoms with van der Waals surface area (Å²) in [4.78, 5) is 0. The first-order valence-electron chi connectivity index (χ1n) is 8.43. The van der Waals surface area contributed by atoms with E-state index in [2.05, 4.69) is 4.72 Å². The number of nitrogens with one attached hydrogen (secondary N) is 1. The van der Waals surface area contributed by atoms with Gasteiger partial charge in [0.25, 0.3) is 0 Å². The Kier molecular flexibility index (Phi) is 5.36. The Morgan fingerprint density at radius 3 is 2.42 bits per heavy atom. The molecule has 0 saturated carbocycles. The Labute approximate surface area is 155 Å². The van der Waals surface area contributed by atoms with E-state index in [0.717, 1.165) is 11.1 Å². The molecule has 0 saturated heterocycles. The highest BCUT2D eigenvalue weighted by atomic mass is 32.2. The van der Waals surface area contributed by atoms with Crippen LogP contribution in [-0.2, 0) is 38.8 Å². The number of fused-ring (bicyclic) bond motifs is 1. The highest BCUT2D eigenvalue weighted by molar-refractivity contribution is 7.91. The minimum absolute atomic E-state index is 0.0612. The topological polar surface area (TPSA) is 83.6 Å². The molecule has 2 aromatic carbocycles. The summed E-state index contributed by atoms with van der Waals surface area (Å²) < 4.78 is 53.0. The number of hydrogen-bond donors (Lipinski definition) is 1. The molecule has 2 aromatic rings. The van der Waals surface area contributed by atoms with Gasteiger partial charge in [-0.15, -0.1) is 0 Å². The third-order valence-corrected chi connectivity index (χ3v) is 7.50. The molecule has 6 nitrogen and oxygen atoms in total. The van der Waals surface area contributed by atoms with Crippen LogP contribution in [0.2, 0.25) is 0 Å². The van der Waals surface area contributed by atoms with Gasteiger partial charge in [-0.1, -0.05) is 36.4 Å². The van der Waals surface area contributed by atoms with Crippen molar-refractivity contribution < 1.29 is 16.8 Å². The molecule has 0 unspecified atom stereocenters. The predicted molar refractivity (Wildman–Crippen MR) is 103 cm³/mol. The molecular weight excluding hydrogens is 372 g/mol. The van der Waals surface area contributed by atoms with Gasteiger partial charge in [-0.3, -0.25) is 4.72 Å². The van der Waals surface area contributed by atoms with Gasteiger partial charge < -0.3 is 0 Å². The van der Waals surface area contributed by atoms with E-state index in [1.807, 2.05) is 12.1 Å². The average Bonchev–Trinajstić information content (AvgIpc) is 2.61. The zero-order valence-electron chi connectivity index (χ0n) is 14.6. The monoisotopic (exact) mass is 394 g/mol. The molecule has 0 spiro atoms. The van der Waals surface area contributed by atoms with Gasteiger partial charge in [0, 0.05) is 18.8 Å². The summed E-state index contributed by atoms with van der Waals surface area (Å²) in [6.45, 7) is 2.36. The summed E-state index contributed by atoms with van der Waals surface area (Å²) in [5.41, 5.74) is 3.06. The molecule has 3 rings (SSSR count). The van der Waals surface area contributed by atoms with Crippen LogP contribution in [0, 0.1) is 0 Å². The van der Waals surface area contributed by atoms with Crippen LogP contribution in [0.3, 0.4) is 0 Å². The van der Waals surface area contributed by atoms with E-state index in [9.17, 15) is 16.8 Å². The SMILES string of the molecule is CCS(=O)(=O)N1CCc2ccc(NS(=O)(=O)Cc3ccccc3)cc2C1. The van der Waals surface area contributed by atoms with Crippen LogP contribution in [0.25, 0.3) is 0 Å². The summed E-state index contributed by atoms with van der Waals surface area (Å²) in [6.07, 6.45) is 0.631. The Bertz CT molecular complexity index is 987. The Morgan fingerprint density at radius 2 is 1.73 bits per heavy atom. The predicted octanol–water partition coefficient (Wildman–Crippen LogP) is 2.34. The first kappa shape index (κ1) is 18.9. The van der Waals surface area contributed by atoms with Crippen molar-refractivity contribution in [1.29, 1.82) is 0 Å². The Morgan fingerprint density at radius 1 is 1.00 bits per heavy atom. The molecule has 1 aliphatic rings. The first-order chi connectivity index (χ1) is 12.3. The van der Waals surface area contributed by atoms with Gasteiger partial charge in [0.2, 0.25) is 20.0 Å². The van der Waals surface area contributed by atoms with E-state index >= 15 is 0 Å². The number of anilines is 1. The van der Waals surface area contributed by atoms with Crippen LogP contribution in [0.5, 0.6) is 0 Å². The fourth-order valence-electron chi connectivity index (χ4n) is 3.02. The highest BCUT2D eigenvalue weighted by Crippen LogP contribution is 2.25. The molecule has 0 bridgehead atoms. The molecule has 1 aliphatic heterocycles. The number of sulfonamides is 2. The molecule has 26 heavy (non-hydrogen) atoms. The van der Waals surface area contributed by atoms with Crippen molar-refractivity contribution in [3.8, 4) is 0 Å². The largest absolute Gasteiger partial charge is 0.283 e. The van der Waals surface area contributed by atoms with E-state index in [1.165, 1.54) is 4.31 Å². The Hall–Kier alpha value is -1.90. The maximum atomic E-state index is 12.4. The fraction of sp³-hybridized carbons (Fsp3) is 0.333. The van der Waals surface area contributed by atoms with E-state index < -0.39 is 20.0 Å². The van der Waals surface area contributed by atoms with Crippen LogP contribution in [-0.4, -0.2) is 33.4 Å². The lowest BCUT2D eigenvalue weighted by molar-refractivity contribution is 0.392. The van der Waals surface area contributed by atoms with Crippen molar-refractivity contribution in [1.82, 2.24) is 4.31 Å². The standard InChI is InChI=1S/C18H22N2O4S2/c1-2-26(23,24)20-11-10-16-8-9-18(12-17(16)13-20)19-25(21,22)14-15-6-4-3-5-7-15/h3-9,12,19H,2,10-11,13-14H2,1H3. The van der Waals surface area contributed by atoms with Gasteiger partial charge in [0.05, 0.1) is 11.5 Å². The van der Waals surface area contributed by atoms with Gasteiger partial charge in [0.15, 0.2) is 0 Å². The minimum atomic E-state index is -3.54. The van der Waals surface area contributed by atoms with Gasteiger partial charge in [-0.05, 0) is 42.2 Å². The molecule has 0 aromatic heterocycles. The third-order valence-electron chi connectivity index (χ3n) is 4.41. The zero-order valence-corrected chi connectivity index (χ0v) is 16.2. The second-order valence-electron chi connectivity index (χ2n) is 6.31. The number of hydrogen-bond acceptors (Lipinski definition) is 4. The van der Waals surface area contributed by atoms with Crippen LogP contribution < -0.4 is 4.72 Å². The van der Waals surface area contributed by atoms with Gasteiger partial charge in [-0.2, -0.15) is 4.31 Å². The van der Waals surface area contributed by atoms with E-state index in [4.69, 9.17) is 0 Å². The average molecular weight is 395 g/mol. The second-order valence-corrected chi connectivity index (χ2v) is 10.3. The molecular formula is C18H22N2O4S2. The van der Waals surface area contributed by atoms with Crippen molar-refractivity contribution >= 4 is 25.7 Å². The second kappa shape index (κ2) is 7.38. The molecule has 0 aliphatic carbocycles. The molecule has 1 N–H and O–H groups in total. The zero-order chi connectivity index (χ0) is 18.8. The quantitative estimate of drug-likeness (QED) is 0.815. The minimum Gasteiger partial charge on any atom is -0.283 e. The van der Waals surface area contributed by atoms with Crippen LogP contribution >= 0.6 is 0 Å². The maximum Gasteiger partial charge on any atom is 0.236 e. The Balaban J connectivity index is 1.78. The molecule has 0 atom stereocenters. The maximum absolute atomic E-state index is 12.4. The molecule has 8 heteroatoms. The lowest BCUT2D eigenvalue weighted by Crippen LogP contribution is -2.36. The summed E-state index contributed by atoms with van der Waals surface area (Å²) in [5.74, 6) is -0.0486. The van der Waals surface area contributed by atoms with Gasteiger partial charge >= 0.3 is 0 Å². The third kappa shape index (κ3) is 4.44. The van der Waals surface area contributed by atoms with Crippen LogP contribution in [0.4, 0.5) is 5.69 Å². The number of nitrogens with zero attached hydrogens (tertiary/aromatic N) is 1. The van der Waals surface area contributed by atoms with Crippen LogP contribution in [0.15, 0.2) is 48.5 Å². The van der Waals surface area contributed by atoms with E-state index in [-0.39, 0.29) is 18.1 Å². The van der Waals surface area contributed by atoms with Crippen molar-refractivity contribution in [2.75, 3.05) is 17.0 Å². The number of rotatable bonds is 6. The summed E-state index contributed by atoms with van der Waals surface area (Å²) in [6, 6.07) is 14.3. The van der Waals surface area contributed by atoms with Crippen molar-refractivity contribution in [2.45, 2.75) is 25.6 Å². The molecule has 0 radical (unpaired) electrons. The summed E-state index contributed by atoms with van der Waals surface area (Å²) in [7, 11) is -6.80. The van der Waals surface area contributed by atoms with E-state index in [0.29, 0.717) is 24.2 Å². The van der Waals surface area contributed by atoms with Crippen molar-refractivity contribution in [2.24, 2.45) is 0 Å². The lowest BCUT2D eigenvalue weighted by atomic mass is 10.0. The molecule has 1 heterocycles. The first-order valence-corrected chi connectivity index (χ1v) is 11.7. The van der Waals surface area contributed by atoms with Crippen molar-refractivity contribution in [3.63, 3.8) is 0 Å². The van der Waals surface area contributed by atoms with Crippen LogP contribution in [0.1, 0.15) is 23.6 Å². The fourth-order valence-corrected chi connectivity index (χ4v) is 5.28. The summed E-state index contributed by atoms with van der Waals surface area (Å²) in [5, 5.41) is 0. The molecule has 0 amide bonds. The smallest absolute Gasteiger partial charge is 0.236 e. The van der Waals surface area contributed by atoms with Crippen molar-refractivity contribution in [3.05, 3.63) is 65.2 Å². The number of benzene rings is 2. The molecule has 0 fully saturated rings. The normalized spacial score (nSPS) is 15.4. The highest BCUT2D eigenvalue weighted by Gasteiger charge is 2.25. The van der Waals surface area contributed by atoms with Gasteiger partial charge in [-0.25, -0.2) is 16.8 Å². The summed E-state index contributed by atoms with van der Waals surface area (Å²) >= 11 is 0.